The molecule has 0 spiro atoms. The molecule has 2 nitrogen and oxygen atoms in total. The fourth-order valence-corrected chi connectivity index (χ4v) is 4.08. The van der Waals surface area contributed by atoms with Crippen LogP contribution in [0.4, 0.5) is 0 Å². The Morgan fingerprint density at radius 2 is 2.11 bits per heavy atom. The van der Waals surface area contributed by atoms with Crippen LogP contribution in [-0.4, -0.2) is 48.6 Å². The van der Waals surface area contributed by atoms with Gasteiger partial charge in [0.25, 0.3) is 0 Å². The second-order valence-electron chi connectivity index (χ2n) is 5.72. The molecule has 2 fully saturated rings. The summed E-state index contributed by atoms with van der Waals surface area (Å²) in [6.07, 6.45) is 6.89. The van der Waals surface area contributed by atoms with Crippen LogP contribution in [0.3, 0.4) is 0 Å². The Bertz CT molecular complexity index is 349. The van der Waals surface area contributed by atoms with Crippen molar-refractivity contribution in [2.45, 2.75) is 38.1 Å². The first-order valence-electron chi connectivity index (χ1n) is 7.39. The van der Waals surface area contributed by atoms with E-state index >= 15 is 0 Å². The maximum absolute atomic E-state index is 2.74. The lowest BCUT2D eigenvalue weighted by molar-refractivity contribution is 0.137. The van der Waals surface area contributed by atoms with E-state index in [0.29, 0.717) is 0 Å². The molecule has 3 heteroatoms. The summed E-state index contributed by atoms with van der Waals surface area (Å²) in [6.45, 7) is 6.55. The average molecular weight is 264 g/mol. The first kappa shape index (κ1) is 12.6. The van der Waals surface area contributed by atoms with E-state index in [9.17, 15) is 0 Å². The average Bonchev–Trinajstić information content (AvgIpc) is 2.82. The van der Waals surface area contributed by atoms with Gasteiger partial charge in [0.2, 0.25) is 0 Å². The molecule has 18 heavy (non-hydrogen) atoms. The van der Waals surface area contributed by atoms with Gasteiger partial charge >= 0.3 is 0 Å². The van der Waals surface area contributed by atoms with Crippen molar-refractivity contribution in [3.63, 3.8) is 0 Å². The van der Waals surface area contributed by atoms with E-state index in [4.69, 9.17) is 0 Å². The molecule has 1 aromatic heterocycles. The van der Waals surface area contributed by atoms with Crippen LogP contribution in [0, 0.1) is 0 Å². The first-order valence-corrected chi connectivity index (χ1v) is 8.33. The zero-order valence-corrected chi connectivity index (χ0v) is 12.0. The quantitative estimate of drug-likeness (QED) is 0.828. The van der Waals surface area contributed by atoms with E-state index in [1.165, 1.54) is 70.4 Å². The van der Waals surface area contributed by atoms with Gasteiger partial charge in [-0.05, 0) is 67.7 Å². The summed E-state index contributed by atoms with van der Waals surface area (Å²) in [6, 6.07) is 3.12. The third-order valence-electron chi connectivity index (χ3n) is 4.43. The minimum Gasteiger partial charge on any atom is -0.301 e. The zero-order valence-electron chi connectivity index (χ0n) is 11.2. The maximum atomic E-state index is 2.74. The Kier molecular flexibility index (Phi) is 4.34. The van der Waals surface area contributed by atoms with Crippen molar-refractivity contribution >= 4 is 11.3 Å². The van der Waals surface area contributed by atoms with Gasteiger partial charge in [0.1, 0.15) is 0 Å². The van der Waals surface area contributed by atoms with Crippen LogP contribution in [0.2, 0.25) is 0 Å². The van der Waals surface area contributed by atoms with Gasteiger partial charge < -0.3 is 4.90 Å². The molecule has 2 aliphatic heterocycles. The molecule has 3 rings (SSSR count). The molecular formula is C15H24N2S. The normalized spacial score (nSPS) is 26.8. The van der Waals surface area contributed by atoms with Gasteiger partial charge in [0, 0.05) is 19.1 Å². The predicted octanol–water partition coefficient (Wildman–Crippen LogP) is 2.85. The van der Waals surface area contributed by atoms with Crippen molar-refractivity contribution in [3.8, 4) is 0 Å². The Morgan fingerprint density at radius 1 is 1.17 bits per heavy atom. The largest absolute Gasteiger partial charge is 0.301 e. The van der Waals surface area contributed by atoms with Gasteiger partial charge in [-0.25, -0.2) is 0 Å². The van der Waals surface area contributed by atoms with Gasteiger partial charge in [-0.3, -0.25) is 4.90 Å². The summed E-state index contributed by atoms with van der Waals surface area (Å²) >= 11 is 1.82. The molecule has 0 aliphatic carbocycles. The molecule has 3 heterocycles. The Labute approximate surface area is 115 Å². The summed E-state index contributed by atoms with van der Waals surface area (Å²) < 4.78 is 0. The van der Waals surface area contributed by atoms with Crippen molar-refractivity contribution < 1.29 is 0 Å². The van der Waals surface area contributed by atoms with Crippen LogP contribution in [-0.2, 0) is 6.42 Å². The van der Waals surface area contributed by atoms with E-state index in [1.54, 1.807) is 0 Å². The number of piperidine rings is 1. The lowest BCUT2D eigenvalue weighted by atomic mass is 10.0. The number of fused-ring (bicyclic) bond motifs is 1. The summed E-state index contributed by atoms with van der Waals surface area (Å²) in [5.41, 5.74) is 1.52. The van der Waals surface area contributed by atoms with Crippen LogP contribution in [0.25, 0.3) is 0 Å². The fourth-order valence-electron chi connectivity index (χ4n) is 3.37. The molecule has 0 bridgehead atoms. The lowest BCUT2D eigenvalue weighted by Gasteiger charge is -2.35. The minimum atomic E-state index is 0.851. The molecule has 2 saturated heterocycles. The van der Waals surface area contributed by atoms with E-state index in [1.807, 2.05) is 11.3 Å². The number of hydrogen-bond acceptors (Lipinski definition) is 3. The molecule has 1 aromatic rings. The second-order valence-corrected chi connectivity index (χ2v) is 6.50. The number of nitrogens with zero attached hydrogens (tertiary/aromatic N) is 2. The van der Waals surface area contributed by atoms with Crippen molar-refractivity contribution in [2.75, 3.05) is 32.7 Å². The molecule has 2 aliphatic rings. The number of hydrogen-bond donors (Lipinski definition) is 0. The SMILES string of the molecule is c1cc(CCN2CCCN3CCCCC3C2)cs1. The summed E-state index contributed by atoms with van der Waals surface area (Å²) in [5, 5.41) is 4.49. The topological polar surface area (TPSA) is 6.48 Å². The first-order chi connectivity index (χ1) is 8.92. The molecular weight excluding hydrogens is 240 g/mol. The fraction of sp³-hybridized carbons (Fsp3) is 0.733. The number of thiophene rings is 1. The zero-order chi connectivity index (χ0) is 12.2. The predicted molar refractivity (Wildman–Crippen MR) is 78.3 cm³/mol. The Hall–Kier alpha value is -0.380. The van der Waals surface area contributed by atoms with E-state index in [-0.39, 0.29) is 0 Å². The van der Waals surface area contributed by atoms with Crippen molar-refractivity contribution in [3.05, 3.63) is 22.4 Å². The van der Waals surface area contributed by atoms with E-state index < -0.39 is 0 Å². The summed E-state index contributed by atoms with van der Waals surface area (Å²) in [5.74, 6) is 0. The van der Waals surface area contributed by atoms with Crippen LogP contribution in [0.15, 0.2) is 16.8 Å². The highest BCUT2D eigenvalue weighted by Crippen LogP contribution is 2.21. The Morgan fingerprint density at radius 3 is 3.00 bits per heavy atom. The molecule has 0 saturated carbocycles. The standard InChI is InChI=1S/C15H24N2S/c1-2-8-17-9-3-7-16(12-15(17)4-1)10-5-14-6-11-18-13-14/h6,11,13,15H,1-5,7-10,12H2. The van der Waals surface area contributed by atoms with Gasteiger partial charge in [-0.1, -0.05) is 6.42 Å². The molecule has 0 amide bonds. The molecule has 1 atom stereocenters. The van der Waals surface area contributed by atoms with Crippen LogP contribution < -0.4 is 0 Å². The molecule has 100 valence electrons. The van der Waals surface area contributed by atoms with Gasteiger partial charge in [0.15, 0.2) is 0 Å². The van der Waals surface area contributed by atoms with Crippen molar-refractivity contribution in [1.29, 1.82) is 0 Å². The van der Waals surface area contributed by atoms with Gasteiger partial charge in [-0.2, -0.15) is 11.3 Å². The van der Waals surface area contributed by atoms with Gasteiger partial charge in [0.05, 0.1) is 0 Å². The third kappa shape index (κ3) is 3.14. The minimum absolute atomic E-state index is 0.851. The second kappa shape index (κ2) is 6.18. The smallest absolute Gasteiger partial charge is 0.0223 e. The van der Waals surface area contributed by atoms with Crippen LogP contribution in [0.5, 0.6) is 0 Å². The van der Waals surface area contributed by atoms with Crippen LogP contribution in [0.1, 0.15) is 31.2 Å². The van der Waals surface area contributed by atoms with E-state index in [0.717, 1.165) is 6.04 Å². The molecule has 1 unspecified atom stereocenters. The third-order valence-corrected chi connectivity index (χ3v) is 5.17. The van der Waals surface area contributed by atoms with E-state index in [2.05, 4.69) is 26.6 Å². The Balaban J connectivity index is 1.53. The lowest BCUT2D eigenvalue weighted by Crippen LogP contribution is -2.44. The van der Waals surface area contributed by atoms with Crippen molar-refractivity contribution in [2.24, 2.45) is 0 Å². The van der Waals surface area contributed by atoms with Gasteiger partial charge in [-0.15, -0.1) is 0 Å². The highest BCUT2D eigenvalue weighted by Gasteiger charge is 2.26. The molecule has 0 aromatic carbocycles. The summed E-state index contributed by atoms with van der Waals surface area (Å²) in [7, 11) is 0. The highest BCUT2D eigenvalue weighted by atomic mass is 32.1. The monoisotopic (exact) mass is 264 g/mol. The number of rotatable bonds is 3. The summed E-state index contributed by atoms with van der Waals surface area (Å²) in [4.78, 5) is 5.45. The highest BCUT2D eigenvalue weighted by molar-refractivity contribution is 7.07. The maximum Gasteiger partial charge on any atom is 0.0223 e. The van der Waals surface area contributed by atoms with Crippen LogP contribution >= 0.6 is 11.3 Å². The molecule has 0 radical (unpaired) electrons. The van der Waals surface area contributed by atoms with Crippen molar-refractivity contribution in [1.82, 2.24) is 9.80 Å². The molecule has 0 N–H and O–H groups in total.